The van der Waals surface area contributed by atoms with Crippen LogP contribution < -0.4 is 16.0 Å². The highest BCUT2D eigenvalue weighted by atomic mass is 16.5. The number of benzene rings is 1. The molecule has 1 aliphatic rings. The first kappa shape index (κ1) is 20.0. The molecule has 0 saturated carbocycles. The van der Waals surface area contributed by atoms with E-state index in [1.165, 1.54) is 0 Å². The first-order valence-electron chi connectivity index (χ1n) is 9.40. The average Bonchev–Trinajstić information content (AvgIpc) is 3.19. The van der Waals surface area contributed by atoms with Crippen molar-refractivity contribution in [1.82, 2.24) is 15.5 Å². The molecule has 7 heteroatoms. The zero-order valence-electron chi connectivity index (χ0n) is 15.9. The zero-order valence-corrected chi connectivity index (χ0v) is 15.9. The predicted octanol–water partition coefficient (Wildman–Crippen LogP) is 2.41. The summed E-state index contributed by atoms with van der Waals surface area (Å²) in [6.07, 6.45) is 3.12. The van der Waals surface area contributed by atoms with Crippen LogP contribution >= 0.6 is 0 Å². The first-order valence-corrected chi connectivity index (χ1v) is 9.40. The lowest BCUT2D eigenvalue weighted by molar-refractivity contribution is 0.145. The molecule has 26 heavy (non-hydrogen) atoms. The van der Waals surface area contributed by atoms with Gasteiger partial charge in [-0.15, -0.1) is 0 Å². The largest absolute Gasteiger partial charge is 0.382 e. The number of carbonyl (C=O) groups excluding carboxylic acids is 1. The molecular formula is C19H31N5O2. The Labute approximate surface area is 156 Å². The van der Waals surface area contributed by atoms with E-state index >= 15 is 0 Å². The summed E-state index contributed by atoms with van der Waals surface area (Å²) >= 11 is 0. The molecule has 3 N–H and O–H groups in total. The van der Waals surface area contributed by atoms with Crippen LogP contribution in [0.2, 0.25) is 0 Å². The van der Waals surface area contributed by atoms with Gasteiger partial charge in [0.15, 0.2) is 5.96 Å². The molecule has 2 rings (SSSR count). The van der Waals surface area contributed by atoms with Gasteiger partial charge in [0.1, 0.15) is 0 Å². The van der Waals surface area contributed by atoms with Crippen LogP contribution in [0.5, 0.6) is 0 Å². The number of nitrogens with zero attached hydrogens (tertiary/aromatic N) is 2. The summed E-state index contributed by atoms with van der Waals surface area (Å²) in [4.78, 5) is 18.3. The second-order valence-electron chi connectivity index (χ2n) is 6.23. The number of rotatable bonds is 8. The van der Waals surface area contributed by atoms with Crippen LogP contribution in [0.4, 0.5) is 10.5 Å². The van der Waals surface area contributed by atoms with Crippen molar-refractivity contribution in [1.29, 1.82) is 0 Å². The van der Waals surface area contributed by atoms with Crippen molar-refractivity contribution in [3.63, 3.8) is 0 Å². The SMILES string of the molecule is CCOCCCNC(=NC)NCc1cccc(NC(=O)N2CCCC2)c1. The van der Waals surface area contributed by atoms with Crippen molar-refractivity contribution < 1.29 is 9.53 Å². The van der Waals surface area contributed by atoms with Gasteiger partial charge in [-0.1, -0.05) is 12.1 Å². The van der Waals surface area contributed by atoms with Gasteiger partial charge in [-0.3, -0.25) is 4.99 Å². The van der Waals surface area contributed by atoms with E-state index in [-0.39, 0.29) is 6.03 Å². The summed E-state index contributed by atoms with van der Waals surface area (Å²) in [6, 6.07) is 7.87. The fraction of sp³-hybridized carbons (Fsp3) is 0.579. The van der Waals surface area contributed by atoms with E-state index in [0.29, 0.717) is 6.54 Å². The third-order valence-corrected chi connectivity index (χ3v) is 4.22. The minimum absolute atomic E-state index is 0.0145. The molecule has 1 aliphatic heterocycles. The van der Waals surface area contributed by atoms with E-state index in [1.54, 1.807) is 7.05 Å². The molecule has 1 aromatic carbocycles. The fourth-order valence-corrected chi connectivity index (χ4v) is 2.81. The lowest BCUT2D eigenvalue weighted by Crippen LogP contribution is -2.37. The van der Waals surface area contributed by atoms with Crippen molar-refractivity contribution in [3.05, 3.63) is 29.8 Å². The topological polar surface area (TPSA) is 78.0 Å². The highest BCUT2D eigenvalue weighted by Gasteiger charge is 2.17. The van der Waals surface area contributed by atoms with Crippen molar-refractivity contribution in [2.75, 3.05) is 45.2 Å². The minimum atomic E-state index is -0.0145. The number of amides is 2. The predicted molar refractivity (Wildman–Crippen MR) is 106 cm³/mol. The highest BCUT2D eigenvalue weighted by molar-refractivity contribution is 5.89. The van der Waals surface area contributed by atoms with Gasteiger partial charge in [-0.05, 0) is 43.9 Å². The fourth-order valence-electron chi connectivity index (χ4n) is 2.81. The van der Waals surface area contributed by atoms with E-state index in [2.05, 4.69) is 20.9 Å². The molecule has 144 valence electrons. The Hall–Kier alpha value is -2.28. The Morgan fingerprint density at radius 2 is 2.08 bits per heavy atom. The smallest absolute Gasteiger partial charge is 0.321 e. The van der Waals surface area contributed by atoms with Crippen LogP contribution in [0.1, 0.15) is 31.7 Å². The molecule has 1 saturated heterocycles. The summed E-state index contributed by atoms with van der Waals surface area (Å²) in [7, 11) is 1.75. The van der Waals surface area contributed by atoms with E-state index in [1.807, 2.05) is 36.1 Å². The van der Waals surface area contributed by atoms with Crippen LogP contribution in [0.15, 0.2) is 29.3 Å². The normalized spacial score (nSPS) is 14.4. The Kier molecular flexibility index (Phi) is 8.75. The maximum atomic E-state index is 12.2. The second-order valence-corrected chi connectivity index (χ2v) is 6.23. The van der Waals surface area contributed by atoms with E-state index < -0.39 is 0 Å². The van der Waals surface area contributed by atoms with Gasteiger partial charge in [-0.25, -0.2) is 4.79 Å². The van der Waals surface area contributed by atoms with Crippen molar-refractivity contribution in [2.45, 2.75) is 32.7 Å². The molecule has 1 aromatic rings. The highest BCUT2D eigenvalue weighted by Crippen LogP contribution is 2.14. The number of ether oxygens (including phenoxy) is 1. The van der Waals surface area contributed by atoms with Crippen molar-refractivity contribution in [2.24, 2.45) is 4.99 Å². The number of carbonyl (C=O) groups is 1. The molecule has 0 aliphatic carbocycles. The quantitative estimate of drug-likeness (QED) is 0.377. The number of guanidine groups is 1. The maximum absolute atomic E-state index is 12.2. The summed E-state index contributed by atoms with van der Waals surface area (Å²) < 4.78 is 5.32. The summed E-state index contributed by atoms with van der Waals surface area (Å²) in [5.74, 6) is 0.757. The molecule has 0 radical (unpaired) electrons. The molecule has 1 heterocycles. The van der Waals surface area contributed by atoms with E-state index in [4.69, 9.17) is 4.74 Å². The van der Waals surface area contributed by atoms with Crippen LogP contribution in [0, 0.1) is 0 Å². The molecule has 1 fully saturated rings. The molecule has 0 atom stereocenters. The lowest BCUT2D eigenvalue weighted by atomic mass is 10.2. The van der Waals surface area contributed by atoms with Gasteiger partial charge in [0, 0.05) is 52.1 Å². The number of hydrogen-bond acceptors (Lipinski definition) is 3. The zero-order chi connectivity index (χ0) is 18.6. The number of aliphatic imine (C=N–C) groups is 1. The number of urea groups is 1. The first-order chi connectivity index (χ1) is 12.7. The molecule has 0 spiro atoms. The van der Waals surface area contributed by atoms with Gasteiger partial charge in [-0.2, -0.15) is 0 Å². The Morgan fingerprint density at radius 1 is 1.27 bits per heavy atom. The number of nitrogens with one attached hydrogen (secondary N) is 3. The van der Waals surface area contributed by atoms with E-state index in [9.17, 15) is 4.79 Å². The summed E-state index contributed by atoms with van der Waals surface area (Å²) in [6.45, 7) is 6.63. The van der Waals surface area contributed by atoms with Gasteiger partial charge in [0.25, 0.3) is 0 Å². The molecule has 0 unspecified atom stereocenters. The van der Waals surface area contributed by atoms with Crippen LogP contribution in [-0.2, 0) is 11.3 Å². The molecule has 0 bridgehead atoms. The van der Waals surface area contributed by atoms with Crippen molar-refractivity contribution in [3.8, 4) is 0 Å². The summed E-state index contributed by atoms with van der Waals surface area (Å²) in [5, 5.41) is 9.53. The molecule has 2 amide bonds. The van der Waals surface area contributed by atoms with Gasteiger partial charge >= 0.3 is 6.03 Å². The van der Waals surface area contributed by atoms with Crippen LogP contribution in [0.25, 0.3) is 0 Å². The third kappa shape index (κ3) is 6.92. The molecular weight excluding hydrogens is 330 g/mol. The monoisotopic (exact) mass is 361 g/mol. The van der Waals surface area contributed by atoms with Gasteiger partial charge in [0.2, 0.25) is 0 Å². The average molecular weight is 361 g/mol. The third-order valence-electron chi connectivity index (χ3n) is 4.22. The Bertz CT molecular complexity index is 585. The molecule has 7 nitrogen and oxygen atoms in total. The maximum Gasteiger partial charge on any atom is 0.321 e. The van der Waals surface area contributed by atoms with Crippen LogP contribution in [-0.4, -0.2) is 56.8 Å². The van der Waals surface area contributed by atoms with Gasteiger partial charge < -0.3 is 25.6 Å². The lowest BCUT2D eigenvalue weighted by Gasteiger charge is -2.17. The molecule has 0 aromatic heterocycles. The minimum Gasteiger partial charge on any atom is -0.382 e. The second kappa shape index (κ2) is 11.4. The van der Waals surface area contributed by atoms with E-state index in [0.717, 1.165) is 69.3 Å². The summed E-state index contributed by atoms with van der Waals surface area (Å²) in [5.41, 5.74) is 1.90. The standard InChI is InChI=1S/C19H31N5O2/c1-3-26-13-7-10-21-18(20-2)22-15-16-8-6-9-17(14-16)23-19(25)24-11-4-5-12-24/h6,8-9,14H,3-5,7,10-13,15H2,1-2H3,(H,23,25)(H2,20,21,22). The van der Waals surface area contributed by atoms with Crippen molar-refractivity contribution >= 4 is 17.7 Å². The number of likely N-dealkylation sites (tertiary alicyclic amines) is 1. The van der Waals surface area contributed by atoms with Gasteiger partial charge in [0.05, 0.1) is 0 Å². The number of hydrogen-bond donors (Lipinski definition) is 3. The Morgan fingerprint density at radius 3 is 2.81 bits per heavy atom. The van der Waals surface area contributed by atoms with Crippen LogP contribution in [0.3, 0.4) is 0 Å². The number of anilines is 1. The Balaban J connectivity index is 1.77.